The van der Waals surface area contributed by atoms with E-state index in [1.54, 1.807) is 0 Å². The third-order valence-corrected chi connectivity index (χ3v) is 2.82. The summed E-state index contributed by atoms with van der Waals surface area (Å²) in [5.74, 6) is 0. The Bertz CT molecular complexity index is 469. The lowest BCUT2D eigenvalue weighted by molar-refractivity contribution is -0.176. The molecule has 0 unspecified atom stereocenters. The molecule has 114 valence electrons. The van der Waals surface area contributed by atoms with Crippen LogP contribution in [0.3, 0.4) is 0 Å². The molecule has 0 saturated heterocycles. The summed E-state index contributed by atoms with van der Waals surface area (Å²) >= 11 is 0. The fourth-order valence-electron chi connectivity index (χ4n) is 1.54. The van der Waals surface area contributed by atoms with Crippen molar-refractivity contribution in [3.8, 4) is 0 Å². The van der Waals surface area contributed by atoms with Gasteiger partial charge in [-0.25, -0.2) is 0 Å². The number of rotatable bonds is 4. The van der Waals surface area contributed by atoms with E-state index in [2.05, 4.69) is 26.3 Å². The van der Waals surface area contributed by atoms with Gasteiger partial charge in [-0.2, -0.15) is 0 Å². The van der Waals surface area contributed by atoms with Crippen LogP contribution in [0.2, 0.25) is 0 Å². The predicted molar refractivity (Wildman–Crippen MR) is 98.5 cm³/mol. The molecular weight excluding hydrogens is 272 g/mol. The van der Waals surface area contributed by atoms with Gasteiger partial charge in [0.25, 0.3) is 0 Å². The van der Waals surface area contributed by atoms with Gasteiger partial charge >= 0.3 is 0 Å². The van der Waals surface area contributed by atoms with Gasteiger partial charge in [0.05, 0.1) is 0 Å². The van der Waals surface area contributed by atoms with Crippen LogP contribution in [0.1, 0.15) is 22.3 Å². The Kier molecular flexibility index (Phi) is 10.6. The molecule has 0 aromatic heterocycles. The first kappa shape index (κ1) is 19.3. The first-order valence-corrected chi connectivity index (χ1v) is 6.63. The van der Waals surface area contributed by atoms with E-state index >= 15 is 0 Å². The average molecular weight is 294 g/mol. The van der Waals surface area contributed by atoms with Gasteiger partial charge in [-0.1, -0.05) is 99.2 Å². The standard InChI is InChI=1S/2C10H10.H2O2/c2*1-3-9-5-7-10(4-2)8-6-9;1-2/h2*3-8H,1-2H2;1-2H. The van der Waals surface area contributed by atoms with Crippen molar-refractivity contribution in [1.29, 1.82) is 0 Å². The third-order valence-electron chi connectivity index (χ3n) is 2.82. The predicted octanol–water partition coefficient (Wildman–Crippen LogP) is 5.96. The minimum absolute atomic E-state index is 1.14. The zero-order chi connectivity index (χ0) is 16.8. The number of benzene rings is 2. The SMILES string of the molecule is C=Cc1ccc(C=C)cc1.C=Cc1ccc(C=C)cc1.OO. The van der Waals surface area contributed by atoms with E-state index < -0.39 is 0 Å². The summed E-state index contributed by atoms with van der Waals surface area (Å²) in [5, 5.41) is 12.0. The highest BCUT2D eigenvalue weighted by Gasteiger charge is 1.85. The van der Waals surface area contributed by atoms with Crippen LogP contribution in [-0.2, 0) is 0 Å². The lowest BCUT2D eigenvalue weighted by Gasteiger charge is -1.92. The molecule has 0 fully saturated rings. The van der Waals surface area contributed by atoms with Gasteiger partial charge in [-0.15, -0.1) is 0 Å². The van der Waals surface area contributed by atoms with Gasteiger partial charge in [-0.3, -0.25) is 10.5 Å². The monoisotopic (exact) mass is 294 g/mol. The summed E-state index contributed by atoms with van der Waals surface area (Å²) in [4.78, 5) is 0. The van der Waals surface area contributed by atoms with Crippen molar-refractivity contribution in [3.05, 3.63) is 97.1 Å². The molecule has 2 rings (SSSR count). The molecule has 0 spiro atoms. The molecule has 2 nitrogen and oxygen atoms in total. The molecule has 0 bridgehead atoms. The van der Waals surface area contributed by atoms with Crippen LogP contribution in [-0.4, -0.2) is 10.5 Å². The van der Waals surface area contributed by atoms with Gasteiger partial charge in [-0.05, 0) is 22.3 Å². The second-order valence-electron chi connectivity index (χ2n) is 4.15. The smallest absolute Gasteiger partial charge is 0.0262 e. The lowest BCUT2D eigenvalue weighted by Crippen LogP contribution is -1.71. The molecule has 22 heavy (non-hydrogen) atoms. The Morgan fingerprint density at radius 2 is 0.591 bits per heavy atom. The first-order valence-electron chi connectivity index (χ1n) is 6.63. The maximum Gasteiger partial charge on any atom is -0.0262 e. The first-order chi connectivity index (χ1) is 10.7. The van der Waals surface area contributed by atoms with E-state index in [1.165, 1.54) is 0 Å². The summed E-state index contributed by atoms with van der Waals surface area (Å²) in [6.45, 7) is 14.6. The van der Waals surface area contributed by atoms with Gasteiger partial charge < -0.3 is 0 Å². The van der Waals surface area contributed by atoms with Crippen LogP contribution < -0.4 is 0 Å². The van der Waals surface area contributed by atoms with Crippen molar-refractivity contribution in [2.75, 3.05) is 0 Å². The second kappa shape index (κ2) is 12.1. The molecule has 2 heteroatoms. The van der Waals surface area contributed by atoms with Crippen LogP contribution in [0.25, 0.3) is 24.3 Å². The molecule has 2 N–H and O–H groups in total. The quantitative estimate of drug-likeness (QED) is 0.539. The van der Waals surface area contributed by atoms with Crippen LogP contribution in [0, 0.1) is 0 Å². The van der Waals surface area contributed by atoms with Crippen molar-refractivity contribution < 1.29 is 10.5 Å². The lowest BCUT2D eigenvalue weighted by atomic mass is 10.1. The fourth-order valence-corrected chi connectivity index (χ4v) is 1.54. The summed E-state index contributed by atoms with van der Waals surface area (Å²) < 4.78 is 0. The highest BCUT2D eigenvalue weighted by molar-refractivity contribution is 5.54. The molecule has 0 aliphatic rings. The minimum atomic E-state index is 1.14. The molecule has 0 aliphatic heterocycles. The Hall–Kier alpha value is -2.68. The van der Waals surface area contributed by atoms with E-state index in [9.17, 15) is 0 Å². The minimum Gasteiger partial charge on any atom is -0.255 e. The van der Waals surface area contributed by atoms with E-state index in [-0.39, 0.29) is 0 Å². The molecular formula is C20H22O2. The van der Waals surface area contributed by atoms with Crippen molar-refractivity contribution in [2.45, 2.75) is 0 Å². The van der Waals surface area contributed by atoms with Crippen molar-refractivity contribution >= 4 is 24.3 Å². The van der Waals surface area contributed by atoms with Crippen molar-refractivity contribution in [3.63, 3.8) is 0 Å². The summed E-state index contributed by atoms with van der Waals surface area (Å²) in [7, 11) is 0. The summed E-state index contributed by atoms with van der Waals surface area (Å²) in [6, 6.07) is 16.1. The van der Waals surface area contributed by atoms with Crippen LogP contribution >= 0.6 is 0 Å². The van der Waals surface area contributed by atoms with Gasteiger partial charge in [0, 0.05) is 0 Å². The Morgan fingerprint density at radius 3 is 0.682 bits per heavy atom. The summed E-state index contributed by atoms with van der Waals surface area (Å²) in [6.07, 6.45) is 7.31. The molecule has 0 heterocycles. The molecule has 0 amide bonds. The van der Waals surface area contributed by atoms with Gasteiger partial charge in [0.2, 0.25) is 0 Å². The van der Waals surface area contributed by atoms with Crippen LogP contribution in [0.15, 0.2) is 74.8 Å². The third kappa shape index (κ3) is 7.20. The molecule has 0 radical (unpaired) electrons. The van der Waals surface area contributed by atoms with E-state index in [4.69, 9.17) is 10.5 Å². The highest BCUT2D eigenvalue weighted by atomic mass is 17.0. The van der Waals surface area contributed by atoms with Gasteiger partial charge in [0.15, 0.2) is 0 Å². The van der Waals surface area contributed by atoms with Gasteiger partial charge in [0.1, 0.15) is 0 Å². The fraction of sp³-hybridized carbons (Fsp3) is 0. The van der Waals surface area contributed by atoms with E-state index in [0.717, 1.165) is 22.3 Å². The zero-order valence-electron chi connectivity index (χ0n) is 12.7. The van der Waals surface area contributed by atoms with Crippen molar-refractivity contribution in [2.24, 2.45) is 0 Å². The van der Waals surface area contributed by atoms with Crippen LogP contribution in [0.5, 0.6) is 0 Å². The Morgan fingerprint density at radius 1 is 0.455 bits per heavy atom. The largest absolute Gasteiger partial charge is 0.255 e. The molecule has 0 aliphatic carbocycles. The molecule has 0 saturated carbocycles. The Labute approximate surface area is 132 Å². The number of hydrogen-bond acceptors (Lipinski definition) is 2. The van der Waals surface area contributed by atoms with E-state index in [0.29, 0.717) is 0 Å². The average Bonchev–Trinajstić information content (AvgIpc) is 2.64. The van der Waals surface area contributed by atoms with Crippen LogP contribution in [0.4, 0.5) is 0 Å². The Balaban J connectivity index is 0.000000360. The highest BCUT2D eigenvalue weighted by Crippen LogP contribution is 2.06. The second-order valence-corrected chi connectivity index (χ2v) is 4.15. The van der Waals surface area contributed by atoms with Crippen molar-refractivity contribution in [1.82, 2.24) is 0 Å². The zero-order valence-corrected chi connectivity index (χ0v) is 12.7. The molecule has 2 aromatic carbocycles. The molecule has 0 atom stereocenters. The normalized spacial score (nSPS) is 8.27. The van der Waals surface area contributed by atoms with E-state index in [1.807, 2.05) is 72.8 Å². The maximum atomic E-state index is 6.00. The maximum absolute atomic E-state index is 6.00. The topological polar surface area (TPSA) is 40.5 Å². The molecule has 2 aromatic rings. The number of hydrogen-bond donors (Lipinski definition) is 2. The summed E-state index contributed by atoms with van der Waals surface area (Å²) in [5.41, 5.74) is 4.58.